The highest BCUT2D eigenvalue weighted by molar-refractivity contribution is 6.31. The van der Waals surface area contributed by atoms with Crippen LogP contribution in [0.2, 0.25) is 5.02 Å². The highest BCUT2D eigenvalue weighted by atomic mass is 35.5. The summed E-state index contributed by atoms with van der Waals surface area (Å²) in [5.74, 6) is 0.434. The van der Waals surface area contributed by atoms with Gasteiger partial charge in [-0.05, 0) is 6.07 Å². The van der Waals surface area contributed by atoms with Crippen LogP contribution in [-0.4, -0.2) is 11.7 Å². The molecule has 0 saturated heterocycles. The van der Waals surface area contributed by atoms with Crippen molar-refractivity contribution in [2.24, 2.45) is 5.73 Å². The third-order valence-electron chi connectivity index (χ3n) is 1.18. The number of furan rings is 1. The number of nitrogens with two attached hydrogens (primary N) is 1. The number of aliphatic hydroxyl groups excluding tert-OH is 1. The van der Waals surface area contributed by atoms with Crippen molar-refractivity contribution in [3.8, 4) is 0 Å². The minimum absolute atomic E-state index is 0.159. The maximum absolute atomic E-state index is 8.59. The van der Waals surface area contributed by atoms with E-state index in [9.17, 15) is 0 Å². The summed E-state index contributed by atoms with van der Waals surface area (Å²) in [4.78, 5) is 0. The molecule has 0 saturated carbocycles. The molecule has 56 valence electrons. The molecule has 0 radical (unpaired) electrons. The molecule has 0 aliphatic carbocycles. The summed E-state index contributed by atoms with van der Waals surface area (Å²) < 4.78 is 4.90. The lowest BCUT2D eigenvalue weighted by Crippen LogP contribution is -2.13. The lowest BCUT2D eigenvalue weighted by molar-refractivity contribution is 0.252. The van der Waals surface area contributed by atoms with E-state index in [1.165, 1.54) is 6.26 Å². The minimum atomic E-state index is -0.512. The lowest BCUT2D eigenvalue weighted by atomic mass is 10.2. The van der Waals surface area contributed by atoms with Gasteiger partial charge in [0.05, 0.1) is 23.9 Å². The Morgan fingerprint density at radius 1 is 1.80 bits per heavy atom. The number of halogens is 1. The molecule has 1 rings (SSSR count). The largest absolute Gasteiger partial charge is 0.466 e. The molecule has 0 bridgehead atoms. The Hall–Kier alpha value is -0.510. The van der Waals surface area contributed by atoms with Gasteiger partial charge in [0.2, 0.25) is 0 Å². The van der Waals surface area contributed by atoms with E-state index in [0.717, 1.165) is 0 Å². The van der Waals surface area contributed by atoms with Crippen molar-refractivity contribution in [3.63, 3.8) is 0 Å². The molecular formula is C6H8ClNO2. The van der Waals surface area contributed by atoms with Crippen LogP contribution in [0, 0.1) is 0 Å². The molecule has 1 aromatic heterocycles. The molecular weight excluding hydrogens is 154 g/mol. The van der Waals surface area contributed by atoms with Crippen molar-refractivity contribution in [3.05, 3.63) is 23.1 Å². The summed E-state index contributed by atoms with van der Waals surface area (Å²) in [5, 5.41) is 9.05. The number of hydrogen-bond donors (Lipinski definition) is 2. The Labute approximate surface area is 63.4 Å². The minimum Gasteiger partial charge on any atom is -0.466 e. The Balaban J connectivity index is 2.82. The van der Waals surface area contributed by atoms with Gasteiger partial charge in [-0.1, -0.05) is 11.6 Å². The zero-order valence-corrected chi connectivity index (χ0v) is 6.01. The van der Waals surface area contributed by atoms with E-state index in [1.54, 1.807) is 6.07 Å². The predicted octanol–water partition coefficient (Wildman–Crippen LogP) is 0.925. The van der Waals surface area contributed by atoms with Crippen molar-refractivity contribution in [1.82, 2.24) is 0 Å². The summed E-state index contributed by atoms with van der Waals surface area (Å²) in [6, 6.07) is 1.08. The average molecular weight is 162 g/mol. The Morgan fingerprint density at radius 2 is 2.50 bits per heavy atom. The molecule has 0 aliphatic rings. The van der Waals surface area contributed by atoms with E-state index in [-0.39, 0.29) is 6.61 Å². The van der Waals surface area contributed by atoms with Gasteiger partial charge in [0.1, 0.15) is 5.76 Å². The average Bonchev–Trinajstić information content (AvgIpc) is 2.34. The van der Waals surface area contributed by atoms with Gasteiger partial charge in [-0.3, -0.25) is 0 Å². The van der Waals surface area contributed by atoms with Gasteiger partial charge in [-0.15, -0.1) is 0 Å². The molecule has 0 unspecified atom stereocenters. The van der Waals surface area contributed by atoms with Crippen LogP contribution >= 0.6 is 11.6 Å². The molecule has 0 fully saturated rings. The summed E-state index contributed by atoms with van der Waals surface area (Å²) in [6.07, 6.45) is 1.44. The second-order valence-corrected chi connectivity index (χ2v) is 2.33. The van der Waals surface area contributed by atoms with Crippen LogP contribution in [0.5, 0.6) is 0 Å². The standard InChI is InChI=1S/C6H8ClNO2/c7-4-1-2-10-6(4)5(8)3-9/h1-2,5,9H,3,8H2/t5-/m1/s1. The summed E-state index contributed by atoms with van der Waals surface area (Å²) in [5.41, 5.74) is 5.41. The topological polar surface area (TPSA) is 59.4 Å². The second kappa shape index (κ2) is 3.05. The molecule has 1 aromatic rings. The maximum atomic E-state index is 8.59. The zero-order chi connectivity index (χ0) is 7.56. The highest BCUT2D eigenvalue weighted by Crippen LogP contribution is 2.21. The third-order valence-corrected chi connectivity index (χ3v) is 1.49. The van der Waals surface area contributed by atoms with E-state index in [2.05, 4.69) is 0 Å². The van der Waals surface area contributed by atoms with E-state index in [0.29, 0.717) is 10.8 Å². The zero-order valence-electron chi connectivity index (χ0n) is 5.25. The SMILES string of the molecule is N[C@H](CO)c1occc1Cl. The molecule has 1 atom stereocenters. The normalized spacial score (nSPS) is 13.5. The van der Waals surface area contributed by atoms with Crippen molar-refractivity contribution < 1.29 is 9.52 Å². The number of hydrogen-bond acceptors (Lipinski definition) is 3. The van der Waals surface area contributed by atoms with Crippen molar-refractivity contribution in [1.29, 1.82) is 0 Å². The summed E-state index contributed by atoms with van der Waals surface area (Å²) in [7, 11) is 0. The van der Waals surface area contributed by atoms with Crippen LogP contribution < -0.4 is 5.73 Å². The summed E-state index contributed by atoms with van der Waals surface area (Å²) in [6.45, 7) is -0.159. The number of aliphatic hydroxyl groups is 1. The van der Waals surface area contributed by atoms with Crippen LogP contribution in [0.3, 0.4) is 0 Å². The van der Waals surface area contributed by atoms with E-state index >= 15 is 0 Å². The van der Waals surface area contributed by atoms with Gasteiger partial charge in [-0.2, -0.15) is 0 Å². The van der Waals surface area contributed by atoms with Crippen LogP contribution in [0.1, 0.15) is 11.8 Å². The molecule has 1 heterocycles. The van der Waals surface area contributed by atoms with Gasteiger partial charge < -0.3 is 15.3 Å². The second-order valence-electron chi connectivity index (χ2n) is 1.92. The van der Waals surface area contributed by atoms with Gasteiger partial charge >= 0.3 is 0 Å². The fraction of sp³-hybridized carbons (Fsp3) is 0.333. The predicted molar refractivity (Wildman–Crippen MR) is 37.7 cm³/mol. The van der Waals surface area contributed by atoms with E-state index in [4.69, 9.17) is 26.9 Å². The highest BCUT2D eigenvalue weighted by Gasteiger charge is 2.11. The van der Waals surface area contributed by atoms with Gasteiger partial charge in [0.25, 0.3) is 0 Å². The molecule has 3 nitrogen and oxygen atoms in total. The first-order chi connectivity index (χ1) is 4.75. The van der Waals surface area contributed by atoms with Gasteiger partial charge in [-0.25, -0.2) is 0 Å². The van der Waals surface area contributed by atoms with Crippen molar-refractivity contribution >= 4 is 11.6 Å². The lowest BCUT2D eigenvalue weighted by Gasteiger charge is -2.02. The molecule has 3 N–H and O–H groups in total. The van der Waals surface area contributed by atoms with Crippen LogP contribution in [0.25, 0.3) is 0 Å². The third kappa shape index (κ3) is 1.31. The molecule has 0 amide bonds. The fourth-order valence-electron chi connectivity index (χ4n) is 0.653. The fourth-order valence-corrected chi connectivity index (χ4v) is 0.889. The molecule has 0 spiro atoms. The Bertz CT molecular complexity index is 211. The molecule has 0 aromatic carbocycles. The Morgan fingerprint density at radius 3 is 2.90 bits per heavy atom. The summed E-state index contributed by atoms with van der Waals surface area (Å²) >= 11 is 5.63. The first-order valence-electron chi connectivity index (χ1n) is 2.85. The van der Waals surface area contributed by atoms with Crippen molar-refractivity contribution in [2.75, 3.05) is 6.61 Å². The molecule has 10 heavy (non-hydrogen) atoms. The van der Waals surface area contributed by atoms with Gasteiger partial charge in [0.15, 0.2) is 0 Å². The van der Waals surface area contributed by atoms with E-state index in [1.807, 2.05) is 0 Å². The first-order valence-corrected chi connectivity index (χ1v) is 3.23. The Kier molecular flexibility index (Phi) is 2.32. The maximum Gasteiger partial charge on any atom is 0.141 e. The smallest absolute Gasteiger partial charge is 0.141 e. The van der Waals surface area contributed by atoms with Crippen LogP contribution in [0.15, 0.2) is 16.7 Å². The van der Waals surface area contributed by atoms with E-state index < -0.39 is 6.04 Å². The van der Waals surface area contributed by atoms with Crippen molar-refractivity contribution in [2.45, 2.75) is 6.04 Å². The number of rotatable bonds is 2. The quantitative estimate of drug-likeness (QED) is 0.678. The van der Waals surface area contributed by atoms with Crippen LogP contribution in [-0.2, 0) is 0 Å². The monoisotopic (exact) mass is 161 g/mol. The first kappa shape index (κ1) is 7.60. The van der Waals surface area contributed by atoms with Gasteiger partial charge in [0, 0.05) is 0 Å². The van der Waals surface area contributed by atoms with Crippen LogP contribution in [0.4, 0.5) is 0 Å². The molecule has 4 heteroatoms. The molecule has 0 aliphatic heterocycles.